The maximum atomic E-state index is 12.8. The van der Waals surface area contributed by atoms with Crippen LogP contribution in [0.15, 0.2) is 37.2 Å². The Kier molecular flexibility index (Phi) is 5.66. The monoisotopic (exact) mass is 434 g/mol. The van der Waals surface area contributed by atoms with Crippen LogP contribution in [0.25, 0.3) is 11.0 Å². The number of aryl methyl sites for hydroxylation is 1. The number of aromatic nitrogens is 6. The van der Waals surface area contributed by atoms with Crippen molar-refractivity contribution in [3.05, 3.63) is 64.1 Å². The second-order valence-electron chi connectivity index (χ2n) is 8.94. The summed E-state index contributed by atoms with van der Waals surface area (Å²) >= 11 is 1.64. The molecule has 0 aliphatic rings. The Morgan fingerprint density at radius 2 is 1.81 bits per heavy atom. The Bertz CT molecular complexity index is 1220. The SMILES string of the molecule is C[C@@H](CC(=O)c1cc2c(cn1)ncn2C)c1cnc(Cc2cnc(C(C)(C)C)nc2)s1. The Labute approximate surface area is 185 Å². The van der Waals surface area contributed by atoms with Crippen molar-refractivity contribution in [1.82, 2.24) is 29.5 Å². The van der Waals surface area contributed by atoms with Crippen LogP contribution in [-0.4, -0.2) is 35.3 Å². The van der Waals surface area contributed by atoms with E-state index in [1.807, 2.05) is 36.3 Å². The summed E-state index contributed by atoms with van der Waals surface area (Å²) in [6.07, 6.45) is 10.1. The molecule has 4 rings (SSSR count). The molecule has 0 N–H and O–H groups in total. The maximum absolute atomic E-state index is 12.8. The van der Waals surface area contributed by atoms with Crippen LogP contribution < -0.4 is 0 Å². The average molecular weight is 435 g/mol. The number of thiazole rings is 1. The zero-order valence-corrected chi connectivity index (χ0v) is 19.3. The van der Waals surface area contributed by atoms with Crippen LogP contribution in [0.5, 0.6) is 0 Å². The fourth-order valence-corrected chi connectivity index (χ4v) is 4.31. The number of rotatable bonds is 6. The fraction of sp³-hybridized carbons (Fsp3) is 0.391. The zero-order chi connectivity index (χ0) is 22.2. The summed E-state index contributed by atoms with van der Waals surface area (Å²) in [6, 6.07) is 1.82. The fourth-order valence-electron chi connectivity index (χ4n) is 3.31. The highest BCUT2D eigenvalue weighted by Crippen LogP contribution is 2.28. The van der Waals surface area contributed by atoms with Gasteiger partial charge in [-0.25, -0.2) is 19.9 Å². The molecule has 0 radical (unpaired) electrons. The molecule has 4 heterocycles. The summed E-state index contributed by atoms with van der Waals surface area (Å²) in [7, 11) is 1.91. The summed E-state index contributed by atoms with van der Waals surface area (Å²) in [5.74, 6) is 0.931. The quantitative estimate of drug-likeness (QED) is 0.416. The lowest BCUT2D eigenvalue weighted by Crippen LogP contribution is -2.15. The summed E-state index contributed by atoms with van der Waals surface area (Å²) < 4.78 is 1.89. The predicted octanol–water partition coefficient (Wildman–Crippen LogP) is 4.48. The zero-order valence-electron chi connectivity index (χ0n) is 18.5. The molecule has 0 saturated carbocycles. The second-order valence-corrected chi connectivity index (χ2v) is 10.1. The predicted molar refractivity (Wildman–Crippen MR) is 122 cm³/mol. The topological polar surface area (TPSA) is 86.5 Å². The smallest absolute Gasteiger partial charge is 0.181 e. The van der Waals surface area contributed by atoms with Gasteiger partial charge in [0.05, 0.1) is 23.0 Å². The second kappa shape index (κ2) is 8.26. The highest BCUT2D eigenvalue weighted by Gasteiger charge is 2.19. The van der Waals surface area contributed by atoms with Gasteiger partial charge in [-0.15, -0.1) is 11.3 Å². The molecule has 31 heavy (non-hydrogen) atoms. The van der Waals surface area contributed by atoms with Crippen molar-refractivity contribution in [3.63, 3.8) is 0 Å². The van der Waals surface area contributed by atoms with Crippen molar-refractivity contribution in [1.29, 1.82) is 0 Å². The van der Waals surface area contributed by atoms with Crippen molar-refractivity contribution in [2.75, 3.05) is 0 Å². The van der Waals surface area contributed by atoms with E-state index in [0.29, 0.717) is 18.5 Å². The van der Waals surface area contributed by atoms with Crippen LogP contribution in [0.2, 0.25) is 0 Å². The molecule has 1 atom stereocenters. The molecule has 0 amide bonds. The van der Waals surface area contributed by atoms with Crippen molar-refractivity contribution in [3.8, 4) is 0 Å². The first-order valence-electron chi connectivity index (χ1n) is 10.3. The summed E-state index contributed by atoms with van der Waals surface area (Å²) in [5, 5.41) is 0.996. The number of ketones is 1. The lowest BCUT2D eigenvalue weighted by molar-refractivity contribution is 0.0971. The van der Waals surface area contributed by atoms with E-state index in [9.17, 15) is 4.79 Å². The van der Waals surface area contributed by atoms with E-state index in [4.69, 9.17) is 0 Å². The molecule has 0 fully saturated rings. The minimum atomic E-state index is -0.0645. The van der Waals surface area contributed by atoms with Crippen LogP contribution >= 0.6 is 11.3 Å². The van der Waals surface area contributed by atoms with Crippen LogP contribution in [0.1, 0.15) is 71.8 Å². The van der Waals surface area contributed by atoms with E-state index in [2.05, 4.69) is 52.6 Å². The molecule has 0 saturated heterocycles. The number of nitrogens with zero attached hydrogens (tertiary/aromatic N) is 6. The number of hydrogen-bond donors (Lipinski definition) is 0. The molecule has 0 spiro atoms. The minimum absolute atomic E-state index is 0.0247. The third-order valence-corrected chi connectivity index (χ3v) is 6.41. The number of hydrogen-bond acceptors (Lipinski definition) is 7. The molecule has 7 nitrogen and oxygen atoms in total. The lowest BCUT2D eigenvalue weighted by Gasteiger charge is -2.15. The molecule has 0 aliphatic carbocycles. The number of fused-ring (bicyclic) bond motifs is 1. The van der Waals surface area contributed by atoms with Gasteiger partial charge in [-0.05, 0) is 17.5 Å². The minimum Gasteiger partial charge on any atom is -0.334 e. The van der Waals surface area contributed by atoms with Gasteiger partial charge < -0.3 is 4.57 Å². The van der Waals surface area contributed by atoms with Gasteiger partial charge in [-0.3, -0.25) is 9.78 Å². The van der Waals surface area contributed by atoms with Gasteiger partial charge in [0.1, 0.15) is 17.0 Å². The molecule has 4 aromatic heterocycles. The van der Waals surface area contributed by atoms with Crippen LogP contribution in [-0.2, 0) is 18.9 Å². The highest BCUT2D eigenvalue weighted by molar-refractivity contribution is 7.11. The van der Waals surface area contributed by atoms with Gasteiger partial charge in [-0.2, -0.15) is 0 Å². The third kappa shape index (κ3) is 4.69. The van der Waals surface area contributed by atoms with Crippen molar-refractivity contribution in [2.24, 2.45) is 7.05 Å². The molecule has 0 unspecified atom stereocenters. The molecular weight excluding hydrogens is 408 g/mol. The van der Waals surface area contributed by atoms with E-state index < -0.39 is 0 Å². The maximum Gasteiger partial charge on any atom is 0.181 e. The van der Waals surface area contributed by atoms with E-state index in [1.54, 1.807) is 23.9 Å². The molecule has 4 aromatic rings. The first-order chi connectivity index (χ1) is 14.7. The Balaban J connectivity index is 1.42. The molecule has 0 aliphatic heterocycles. The van der Waals surface area contributed by atoms with Crippen molar-refractivity contribution < 1.29 is 4.79 Å². The first kappa shape index (κ1) is 21.2. The van der Waals surface area contributed by atoms with Gasteiger partial charge in [0, 0.05) is 48.8 Å². The molecule has 160 valence electrons. The Morgan fingerprint density at radius 1 is 1.06 bits per heavy atom. The third-order valence-electron chi connectivity index (χ3n) is 5.18. The largest absolute Gasteiger partial charge is 0.334 e. The van der Waals surface area contributed by atoms with Gasteiger partial charge in [-0.1, -0.05) is 27.7 Å². The lowest BCUT2D eigenvalue weighted by atomic mass is 9.96. The van der Waals surface area contributed by atoms with E-state index in [-0.39, 0.29) is 17.1 Å². The average Bonchev–Trinajstić information content (AvgIpc) is 3.34. The first-order valence-corrected chi connectivity index (χ1v) is 11.1. The molecular formula is C23H26N6OS. The van der Waals surface area contributed by atoms with Crippen molar-refractivity contribution >= 4 is 28.2 Å². The highest BCUT2D eigenvalue weighted by atomic mass is 32.1. The number of Topliss-reactive ketones (excluding diaryl/α,β-unsaturated/α-hetero) is 1. The summed E-state index contributed by atoms with van der Waals surface area (Å²) in [4.78, 5) is 36.0. The number of carbonyl (C=O) groups excluding carboxylic acids is 1. The molecule has 0 aromatic carbocycles. The van der Waals surface area contributed by atoms with E-state index in [0.717, 1.165) is 32.3 Å². The van der Waals surface area contributed by atoms with Gasteiger partial charge in [0.2, 0.25) is 0 Å². The van der Waals surface area contributed by atoms with Crippen LogP contribution in [0, 0.1) is 0 Å². The van der Waals surface area contributed by atoms with Crippen LogP contribution in [0.3, 0.4) is 0 Å². The number of imidazole rings is 1. The standard InChI is InChI=1S/C23H26N6OS/c1-14(6-19(30)16-8-18-17(11-24-16)28-13-29(18)5)20-12-25-21(31-20)7-15-9-26-22(27-10-15)23(2,3)4/h8-14H,6-7H2,1-5H3/t14-/m0/s1. The van der Waals surface area contributed by atoms with Crippen molar-refractivity contribution in [2.45, 2.75) is 51.9 Å². The number of carbonyl (C=O) groups is 1. The normalized spacial score (nSPS) is 12.9. The van der Waals surface area contributed by atoms with E-state index in [1.165, 1.54) is 0 Å². The Morgan fingerprint density at radius 3 is 2.52 bits per heavy atom. The molecule has 8 heteroatoms. The molecule has 0 bridgehead atoms. The Hall–Kier alpha value is -3.00. The van der Waals surface area contributed by atoms with Crippen LogP contribution in [0.4, 0.5) is 0 Å². The van der Waals surface area contributed by atoms with Gasteiger partial charge in [0.25, 0.3) is 0 Å². The van der Waals surface area contributed by atoms with Gasteiger partial charge >= 0.3 is 0 Å². The van der Waals surface area contributed by atoms with E-state index >= 15 is 0 Å². The summed E-state index contributed by atoms with van der Waals surface area (Å²) in [6.45, 7) is 8.35. The number of pyridine rings is 1. The summed E-state index contributed by atoms with van der Waals surface area (Å²) in [5.41, 5.74) is 3.14. The van der Waals surface area contributed by atoms with Gasteiger partial charge in [0.15, 0.2) is 5.78 Å².